The van der Waals surface area contributed by atoms with E-state index in [0.717, 1.165) is 15.2 Å². The molecule has 0 fully saturated rings. The number of hydrogen-bond donors (Lipinski definition) is 1. The summed E-state index contributed by atoms with van der Waals surface area (Å²) in [5.41, 5.74) is 1.20. The van der Waals surface area contributed by atoms with Crippen LogP contribution in [0.15, 0.2) is 41.6 Å². The zero-order chi connectivity index (χ0) is 18.1. The summed E-state index contributed by atoms with van der Waals surface area (Å²) < 4.78 is 3.95. The van der Waals surface area contributed by atoms with Crippen LogP contribution in [0.25, 0.3) is 21.3 Å². The SMILES string of the molecule is Cn1ncc2c(=O)n(CC(=O)NCCc3nc4ccccc4s3)cnc21. The highest BCUT2D eigenvalue weighted by Gasteiger charge is 2.11. The van der Waals surface area contributed by atoms with Crippen LogP contribution < -0.4 is 10.9 Å². The molecule has 0 saturated carbocycles. The molecule has 0 bridgehead atoms. The Balaban J connectivity index is 1.38. The number of fused-ring (bicyclic) bond motifs is 2. The number of rotatable bonds is 5. The number of nitrogens with one attached hydrogen (secondary N) is 1. The van der Waals surface area contributed by atoms with Gasteiger partial charge in [-0.15, -0.1) is 11.3 Å². The Morgan fingerprint density at radius 1 is 1.31 bits per heavy atom. The van der Waals surface area contributed by atoms with E-state index < -0.39 is 0 Å². The smallest absolute Gasteiger partial charge is 0.264 e. The zero-order valence-electron chi connectivity index (χ0n) is 14.0. The lowest BCUT2D eigenvalue weighted by atomic mass is 10.3. The van der Waals surface area contributed by atoms with E-state index >= 15 is 0 Å². The van der Waals surface area contributed by atoms with Gasteiger partial charge in [-0.25, -0.2) is 9.97 Å². The summed E-state index contributed by atoms with van der Waals surface area (Å²) in [6, 6.07) is 7.94. The average molecular weight is 368 g/mol. The van der Waals surface area contributed by atoms with E-state index in [1.54, 1.807) is 18.4 Å². The van der Waals surface area contributed by atoms with Gasteiger partial charge in [-0.3, -0.25) is 18.8 Å². The lowest BCUT2D eigenvalue weighted by molar-refractivity contribution is -0.121. The summed E-state index contributed by atoms with van der Waals surface area (Å²) in [6.07, 6.45) is 3.49. The third kappa shape index (κ3) is 3.08. The van der Waals surface area contributed by atoms with Crippen LogP contribution in [0.1, 0.15) is 5.01 Å². The molecular formula is C17H16N6O2S. The number of amides is 1. The van der Waals surface area contributed by atoms with Crippen molar-refractivity contribution < 1.29 is 4.79 Å². The van der Waals surface area contributed by atoms with Gasteiger partial charge in [0.2, 0.25) is 5.91 Å². The van der Waals surface area contributed by atoms with Crippen LogP contribution >= 0.6 is 11.3 Å². The molecule has 0 spiro atoms. The second kappa shape index (κ2) is 6.68. The van der Waals surface area contributed by atoms with E-state index in [2.05, 4.69) is 20.4 Å². The third-order valence-corrected chi connectivity index (χ3v) is 5.13. The lowest BCUT2D eigenvalue weighted by Crippen LogP contribution is -2.33. The first-order chi connectivity index (χ1) is 12.6. The first kappa shape index (κ1) is 16.4. The van der Waals surface area contributed by atoms with Crippen LogP contribution in [0.5, 0.6) is 0 Å². The van der Waals surface area contributed by atoms with Gasteiger partial charge < -0.3 is 5.32 Å². The summed E-state index contributed by atoms with van der Waals surface area (Å²) in [5.74, 6) is -0.238. The number of carbonyl (C=O) groups excluding carboxylic acids is 1. The molecule has 8 nitrogen and oxygen atoms in total. The van der Waals surface area contributed by atoms with Crippen molar-refractivity contribution in [1.82, 2.24) is 29.6 Å². The van der Waals surface area contributed by atoms with Crippen LogP contribution in [-0.2, 0) is 24.8 Å². The minimum absolute atomic E-state index is 0.0729. The van der Waals surface area contributed by atoms with Crippen molar-refractivity contribution in [1.29, 1.82) is 0 Å². The highest BCUT2D eigenvalue weighted by Crippen LogP contribution is 2.21. The Hall–Kier alpha value is -3.07. The maximum absolute atomic E-state index is 12.4. The Labute approximate surface area is 152 Å². The molecule has 132 valence electrons. The van der Waals surface area contributed by atoms with Crippen molar-refractivity contribution in [3.8, 4) is 0 Å². The van der Waals surface area contributed by atoms with Crippen molar-refractivity contribution in [3.63, 3.8) is 0 Å². The minimum Gasteiger partial charge on any atom is -0.354 e. The molecule has 4 rings (SSSR count). The summed E-state index contributed by atoms with van der Waals surface area (Å²) in [5, 5.41) is 8.21. The van der Waals surface area contributed by atoms with Gasteiger partial charge in [0.05, 0.1) is 21.4 Å². The predicted molar refractivity (Wildman–Crippen MR) is 99.1 cm³/mol. The van der Waals surface area contributed by atoms with Crippen LogP contribution in [0.4, 0.5) is 0 Å². The maximum Gasteiger partial charge on any atom is 0.264 e. The van der Waals surface area contributed by atoms with Crippen molar-refractivity contribution in [2.75, 3.05) is 6.54 Å². The Morgan fingerprint density at radius 3 is 3.00 bits per heavy atom. The minimum atomic E-state index is -0.274. The number of aryl methyl sites for hydroxylation is 1. The van der Waals surface area contributed by atoms with Gasteiger partial charge in [-0.1, -0.05) is 12.1 Å². The number of hydrogen-bond acceptors (Lipinski definition) is 6. The molecule has 0 atom stereocenters. The highest BCUT2D eigenvalue weighted by atomic mass is 32.1. The fraction of sp³-hybridized carbons (Fsp3) is 0.235. The van der Waals surface area contributed by atoms with Crippen LogP contribution in [0.2, 0.25) is 0 Å². The summed E-state index contributed by atoms with van der Waals surface area (Å²) in [7, 11) is 1.72. The number of para-hydroxylation sites is 1. The molecule has 0 aliphatic rings. The molecular weight excluding hydrogens is 352 g/mol. The average Bonchev–Trinajstić information content (AvgIpc) is 3.21. The summed E-state index contributed by atoms with van der Waals surface area (Å²) in [6.45, 7) is 0.395. The van der Waals surface area contributed by atoms with E-state index in [4.69, 9.17) is 0 Å². The molecule has 1 N–H and O–H groups in total. The van der Waals surface area contributed by atoms with Gasteiger partial charge in [0.25, 0.3) is 5.56 Å². The van der Waals surface area contributed by atoms with Gasteiger partial charge in [0, 0.05) is 20.0 Å². The third-order valence-electron chi connectivity index (χ3n) is 4.03. The fourth-order valence-corrected chi connectivity index (χ4v) is 3.69. The van der Waals surface area contributed by atoms with Gasteiger partial charge in [-0.2, -0.15) is 5.10 Å². The molecule has 0 aliphatic carbocycles. The van der Waals surface area contributed by atoms with Crippen molar-refractivity contribution in [2.24, 2.45) is 7.05 Å². The summed E-state index contributed by atoms with van der Waals surface area (Å²) in [4.78, 5) is 33.2. The summed E-state index contributed by atoms with van der Waals surface area (Å²) >= 11 is 1.62. The molecule has 0 radical (unpaired) electrons. The number of thiazole rings is 1. The van der Waals surface area contributed by atoms with E-state index in [1.165, 1.54) is 21.8 Å². The Kier molecular flexibility index (Phi) is 4.21. The lowest BCUT2D eigenvalue weighted by Gasteiger charge is -2.06. The molecule has 0 saturated heterocycles. The van der Waals surface area contributed by atoms with Crippen molar-refractivity contribution in [3.05, 3.63) is 52.2 Å². The molecule has 3 aromatic heterocycles. The number of aromatic nitrogens is 5. The number of benzene rings is 1. The topological polar surface area (TPSA) is 94.7 Å². The number of nitrogens with zero attached hydrogens (tertiary/aromatic N) is 5. The molecule has 3 heterocycles. The van der Waals surface area contributed by atoms with Gasteiger partial charge in [-0.05, 0) is 12.1 Å². The van der Waals surface area contributed by atoms with Crippen molar-refractivity contribution >= 4 is 38.5 Å². The van der Waals surface area contributed by atoms with Crippen LogP contribution in [-0.4, -0.2) is 36.8 Å². The molecule has 0 unspecified atom stereocenters. The number of carbonyl (C=O) groups is 1. The van der Waals surface area contributed by atoms with E-state index in [0.29, 0.717) is 24.0 Å². The van der Waals surface area contributed by atoms with Gasteiger partial charge >= 0.3 is 0 Å². The van der Waals surface area contributed by atoms with Crippen LogP contribution in [0.3, 0.4) is 0 Å². The first-order valence-corrected chi connectivity index (χ1v) is 8.92. The van der Waals surface area contributed by atoms with Crippen LogP contribution in [0, 0.1) is 0 Å². The Bertz CT molecular complexity index is 1130. The van der Waals surface area contributed by atoms with E-state index in [-0.39, 0.29) is 18.0 Å². The van der Waals surface area contributed by atoms with Crippen molar-refractivity contribution in [2.45, 2.75) is 13.0 Å². The standard InChI is InChI=1S/C17H16N6O2S/c1-22-16-11(8-20-22)17(25)23(10-19-16)9-14(24)18-7-6-15-21-12-4-2-3-5-13(12)26-15/h2-5,8,10H,6-7,9H2,1H3,(H,18,24). The molecule has 1 aromatic carbocycles. The molecule has 9 heteroatoms. The fourth-order valence-electron chi connectivity index (χ4n) is 2.73. The zero-order valence-corrected chi connectivity index (χ0v) is 14.9. The quantitative estimate of drug-likeness (QED) is 0.569. The Morgan fingerprint density at radius 2 is 2.15 bits per heavy atom. The molecule has 4 aromatic rings. The molecule has 1 amide bonds. The molecule has 26 heavy (non-hydrogen) atoms. The van der Waals surface area contributed by atoms with Gasteiger partial charge in [0.15, 0.2) is 5.65 Å². The second-order valence-corrected chi connectivity index (χ2v) is 6.97. The molecule has 0 aliphatic heterocycles. The first-order valence-electron chi connectivity index (χ1n) is 8.10. The predicted octanol–water partition coefficient (Wildman–Crippen LogP) is 1.10. The monoisotopic (exact) mass is 368 g/mol. The maximum atomic E-state index is 12.4. The normalized spacial score (nSPS) is 11.3. The second-order valence-electron chi connectivity index (χ2n) is 5.86. The van der Waals surface area contributed by atoms with Gasteiger partial charge in [0.1, 0.15) is 18.3 Å². The largest absolute Gasteiger partial charge is 0.354 e. The van der Waals surface area contributed by atoms with E-state index in [9.17, 15) is 9.59 Å². The highest BCUT2D eigenvalue weighted by molar-refractivity contribution is 7.18. The van der Waals surface area contributed by atoms with E-state index in [1.807, 2.05) is 24.3 Å².